The average Bonchev–Trinajstić information content (AvgIpc) is 3.64. The number of rotatable bonds is 8. The van der Waals surface area contributed by atoms with Gasteiger partial charge in [-0.3, -0.25) is 4.68 Å². The highest BCUT2D eigenvalue weighted by Crippen LogP contribution is 2.40. The number of esters is 1. The molecular formula is C33H27N3O4. The third-order valence-electron chi connectivity index (χ3n) is 6.94. The highest BCUT2D eigenvalue weighted by molar-refractivity contribution is 5.95. The summed E-state index contributed by atoms with van der Waals surface area (Å²) in [5.41, 5.74) is 4.70. The molecule has 0 saturated carbocycles. The molecule has 6 rings (SSSR count). The average molecular weight is 530 g/mol. The van der Waals surface area contributed by atoms with E-state index in [1.54, 1.807) is 25.3 Å². The van der Waals surface area contributed by atoms with E-state index in [1.807, 2.05) is 65.5 Å². The molecule has 0 bridgehead atoms. The molecular weight excluding hydrogens is 502 g/mol. The Balaban J connectivity index is 1.43. The first-order valence-corrected chi connectivity index (χ1v) is 12.9. The molecule has 7 heteroatoms. The fraction of sp³-hybridized carbons (Fsp3) is 0.121. The Labute approximate surface area is 231 Å². The standard InChI is InChI=1S/C33H27N3O4/c1-23-35-31-29(18-25(32(37)38-2)19-30(31)40-23)39-22-24-20-34-36(21-24)33(26-12-6-3-7-13-26,27-14-8-4-9-15-27)28-16-10-5-11-17-28/h3-21H,22H2,1-2H3. The van der Waals surface area contributed by atoms with Crippen LogP contribution in [-0.2, 0) is 16.9 Å². The predicted octanol–water partition coefficient (Wildman–Crippen LogP) is 6.54. The van der Waals surface area contributed by atoms with E-state index in [1.165, 1.54) is 7.11 Å². The molecule has 0 saturated heterocycles. The van der Waals surface area contributed by atoms with E-state index in [0.717, 1.165) is 22.3 Å². The maximum absolute atomic E-state index is 12.3. The van der Waals surface area contributed by atoms with Gasteiger partial charge in [-0.2, -0.15) is 5.10 Å². The van der Waals surface area contributed by atoms with Gasteiger partial charge in [0.05, 0.1) is 18.9 Å². The molecule has 40 heavy (non-hydrogen) atoms. The van der Waals surface area contributed by atoms with Crippen molar-refractivity contribution in [2.45, 2.75) is 19.1 Å². The fourth-order valence-electron chi connectivity index (χ4n) is 5.17. The summed E-state index contributed by atoms with van der Waals surface area (Å²) in [6.07, 6.45) is 3.81. The first kappa shape index (κ1) is 25.1. The topological polar surface area (TPSA) is 79.4 Å². The maximum Gasteiger partial charge on any atom is 0.338 e. The van der Waals surface area contributed by atoms with Crippen LogP contribution in [0.25, 0.3) is 11.1 Å². The van der Waals surface area contributed by atoms with Gasteiger partial charge in [-0.15, -0.1) is 0 Å². The van der Waals surface area contributed by atoms with Crippen LogP contribution in [0.2, 0.25) is 0 Å². The van der Waals surface area contributed by atoms with E-state index >= 15 is 0 Å². The van der Waals surface area contributed by atoms with Gasteiger partial charge in [0.1, 0.15) is 17.9 Å². The predicted molar refractivity (Wildman–Crippen MR) is 151 cm³/mol. The molecule has 7 nitrogen and oxygen atoms in total. The van der Waals surface area contributed by atoms with Crippen LogP contribution in [0.1, 0.15) is 38.5 Å². The molecule has 0 N–H and O–H groups in total. The van der Waals surface area contributed by atoms with E-state index in [-0.39, 0.29) is 6.61 Å². The van der Waals surface area contributed by atoms with E-state index in [2.05, 4.69) is 41.4 Å². The molecule has 0 atom stereocenters. The van der Waals surface area contributed by atoms with Crippen LogP contribution in [0.3, 0.4) is 0 Å². The number of oxazole rings is 1. The smallest absolute Gasteiger partial charge is 0.338 e. The molecule has 2 aromatic heterocycles. The summed E-state index contributed by atoms with van der Waals surface area (Å²) in [6, 6.07) is 34.3. The third-order valence-corrected chi connectivity index (χ3v) is 6.94. The van der Waals surface area contributed by atoms with Gasteiger partial charge < -0.3 is 13.9 Å². The lowest BCUT2D eigenvalue weighted by Crippen LogP contribution is -2.38. The Bertz CT molecular complexity index is 1660. The quantitative estimate of drug-likeness (QED) is 0.165. The highest BCUT2D eigenvalue weighted by atomic mass is 16.5. The lowest BCUT2D eigenvalue weighted by atomic mass is 9.77. The van der Waals surface area contributed by atoms with E-state index < -0.39 is 11.5 Å². The number of aryl methyl sites for hydroxylation is 1. The van der Waals surface area contributed by atoms with Crippen molar-refractivity contribution < 1.29 is 18.7 Å². The van der Waals surface area contributed by atoms with Crippen molar-refractivity contribution in [3.8, 4) is 5.75 Å². The second-order valence-electron chi connectivity index (χ2n) is 9.44. The number of hydrogen-bond acceptors (Lipinski definition) is 6. The van der Waals surface area contributed by atoms with Crippen molar-refractivity contribution in [1.82, 2.24) is 14.8 Å². The van der Waals surface area contributed by atoms with Crippen LogP contribution in [0.15, 0.2) is 120 Å². The molecule has 198 valence electrons. The van der Waals surface area contributed by atoms with Crippen LogP contribution in [-0.4, -0.2) is 27.8 Å². The van der Waals surface area contributed by atoms with Crippen molar-refractivity contribution >= 4 is 17.1 Å². The molecule has 0 spiro atoms. The molecule has 0 aliphatic carbocycles. The van der Waals surface area contributed by atoms with Crippen LogP contribution in [0, 0.1) is 6.92 Å². The molecule has 6 aromatic rings. The van der Waals surface area contributed by atoms with Gasteiger partial charge in [0, 0.05) is 18.7 Å². The van der Waals surface area contributed by atoms with Gasteiger partial charge in [0.15, 0.2) is 17.0 Å². The number of hydrogen-bond donors (Lipinski definition) is 0. The number of carbonyl (C=O) groups excluding carboxylic acids is 1. The van der Waals surface area contributed by atoms with E-state index in [9.17, 15) is 4.79 Å². The number of aromatic nitrogens is 3. The van der Waals surface area contributed by atoms with Crippen molar-refractivity contribution in [2.24, 2.45) is 0 Å². The van der Waals surface area contributed by atoms with E-state index in [0.29, 0.717) is 28.3 Å². The molecule has 2 heterocycles. The van der Waals surface area contributed by atoms with Crippen LogP contribution in [0.4, 0.5) is 0 Å². The summed E-state index contributed by atoms with van der Waals surface area (Å²) in [5.74, 6) is 0.433. The lowest BCUT2D eigenvalue weighted by Gasteiger charge is -2.36. The maximum atomic E-state index is 12.3. The zero-order valence-corrected chi connectivity index (χ0v) is 22.2. The third kappa shape index (κ3) is 4.41. The highest BCUT2D eigenvalue weighted by Gasteiger charge is 2.39. The van der Waals surface area contributed by atoms with Crippen LogP contribution < -0.4 is 4.74 Å². The minimum atomic E-state index is -0.719. The Morgan fingerprint density at radius 2 is 1.45 bits per heavy atom. The SMILES string of the molecule is COC(=O)c1cc(OCc2cnn(C(c3ccccc3)(c3ccccc3)c3ccccc3)c2)c2nc(C)oc2c1. The van der Waals surface area contributed by atoms with Gasteiger partial charge in [0.25, 0.3) is 0 Å². The Hall–Kier alpha value is -5.17. The van der Waals surface area contributed by atoms with E-state index in [4.69, 9.17) is 19.0 Å². The monoisotopic (exact) mass is 529 g/mol. The summed E-state index contributed by atoms with van der Waals surface area (Å²) in [4.78, 5) is 16.7. The second-order valence-corrected chi connectivity index (χ2v) is 9.44. The number of carbonyl (C=O) groups is 1. The molecule has 0 fully saturated rings. The number of benzene rings is 4. The molecule has 0 radical (unpaired) electrons. The van der Waals surface area contributed by atoms with Crippen molar-refractivity contribution in [2.75, 3.05) is 7.11 Å². The van der Waals surface area contributed by atoms with Crippen molar-refractivity contribution in [1.29, 1.82) is 0 Å². The molecule has 0 amide bonds. The Kier molecular flexibility index (Phi) is 6.62. The largest absolute Gasteiger partial charge is 0.486 e. The summed E-state index contributed by atoms with van der Waals surface area (Å²) in [6.45, 7) is 1.96. The van der Waals surface area contributed by atoms with Gasteiger partial charge in [-0.05, 0) is 28.8 Å². The zero-order chi connectivity index (χ0) is 27.5. The second kappa shape index (κ2) is 10.5. The zero-order valence-electron chi connectivity index (χ0n) is 22.2. The Morgan fingerprint density at radius 1 is 0.875 bits per heavy atom. The lowest BCUT2D eigenvalue weighted by molar-refractivity contribution is 0.0600. The summed E-state index contributed by atoms with van der Waals surface area (Å²) < 4.78 is 18.8. The van der Waals surface area contributed by atoms with Crippen molar-refractivity contribution in [3.63, 3.8) is 0 Å². The summed E-state index contributed by atoms with van der Waals surface area (Å²) >= 11 is 0. The minimum absolute atomic E-state index is 0.208. The van der Waals surface area contributed by atoms with Crippen LogP contribution in [0.5, 0.6) is 5.75 Å². The van der Waals surface area contributed by atoms with Crippen LogP contribution >= 0.6 is 0 Å². The van der Waals surface area contributed by atoms with Gasteiger partial charge in [-0.1, -0.05) is 91.0 Å². The summed E-state index contributed by atoms with van der Waals surface area (Å²) in [5, 5.41) is 4.88. The molecule has 0 aliphatic rings. The number of methoxy groups -OCH3 is 1. The number of fused-ring (bicyclic) bond motifs is 1. The fourth-order valence-corrected chi connectivity index (χ4v) is 5.17. The molecule has 4 aromatic carbocycles. The van der Waals surface area contributed by atoms with Gasteiger partial charge >= 0.3 is 5.97 Å². The summed E-state index contributed by atoms with van der Waals surface area (Å²) in [7, 11) is 1.34. The Morgan fingerprint density at radius 3 is 2.00 bits per heavy atom. The first-order valence-electron chi connectivity index (χ1n) is 12.9. The van der Waals surface area contributed by atoms with Gasteiger partial charge in [-0.25, -0.2) is 9.78 Å². The first-order chi connectivity index (χ1) is 19.6. The normalized spacial score (nSPS) is 11.4. The molecule has 0 unspecified atom stereocenters. The number of ether oxygens (including phenoxy) is 2. The van der Waals surface area contributed by atoms with Gasteiger partial charge in [0.2, 0.25) is 0 Å². The van der Waals surface area contributed by atoms with Crippen molar-refractivity contribution in [3.05, 3.63) is 149 Å². The molecule has 0 aliphatic heterocycles. The minimum Gasteiger partial charge on any atom is -0.486 e. The number of nitrogens with zero attached hydrogens (tertiary/aromatic N) is 3.